The maximum Gasteiger partial charge on any atom is 0.191 e. The summed E-state index contributed by atoms with van der Waals surface area (Å²) in [4.78, 5) is 19.5. The number of carbonyl (C=O) groups excluding carboxylic acids is 1. The number of hydrogen-bond donors (Lipinski definition) is 1. The van der Waals surface area contributed by atoms with Crippen LogP contribution in [0.5, 0.6) is 11.5 Å². The van der Waals surface area contributed by atoms with Gasteiger partial charge in [0.2, 0.25) is 0 Å². The largest absolute Gasteiger partial charge is 0.497 e. The van der Waals surface area contributed by atoms with Crippen molar-refractivity contribution < 1.29 is 19.4 Å². The van der Waals surface area contributed by atoms with Crippen LogP contribution in [0.4, 0.5) is 0 Å². The van der Waals surface area contributed by atoms with Crippen LogP contribution in [0, 0.1) is 0 Å². The predicted molar refractivity (Wildman–Crippen MR) is 75.8 cm³/mol. The van der Waals surface area contributed by atoms with E-state index in [0.29, 0.717) is 29.3 Å². The molecule has 6 nitrogen and oxygen atoms in total. The van der Waals surface area contributed by atoms with Crippen LogP contribution in [0.3, 0.4) is 0 Å². The van der Waals surface area contributed by atoms with E-state index in [9.17, 15) is 4.79 Å². The molecular formula is C15H16N2O4. The lowest BCUT2D eigenvalue weighted by Gasteiger charge is -2.08. The highest BCUT2D eigenvalue weighted by atomic mass is 16.5. The lowest BCUT2D eigenvalue weighted by atomic mass is 10.1. The van der Waals surface area contributed by atoms with Gasteiger partial charge in [0.25, 0.3) is 0 Å². The van der Waals surface area contributed by atoms with E-state index in [2.05, 4.69) is 9.97 Å². The standard InChI is InChI=1S/C15H16N2O4/c1-20-12-3-10(4-13(6-12)21-2)5-15-16-7-11(8-17-15)14(19)9-18/h3-4,6-8,18H,5,9H2,1-2H3. The Kier molecular flexibility index (Phi) is 4.84. The molecular weight excluding hydrogens is 272 g/mol. The van der Waals surface area contributed by atoms with Crippen molar-refractivity contribution in [2.75, 3.05) is 20.8 Å². The van der Waals surface area contributed by atoms with Crippen LogP contribution in [0.1, 0.15) is 21.7 Å². The number of aliphatic hydroxyl groups is 1. The molecule has 6 heteroatoms. The number of aliphatic hydroxyl groups excluding tert-OH is 1. The Morgan fingerprint density at radius 1 is 1.10 bits per heavy atom. The van der Waals surface area contributed by atoms with Gasteiger partial charge in [0, 0.05) is 24.9 Å². The van der Waals surface area contributed by atoms with Gasteiger partial charge in [-0.3, -0.25) is 4.79 Å². The lowest BCUT2D eigenvalue weighted by molar-refractivity contribution is 0.0903. The maximum absolute atomic E-state index is 11.3. The minimum Gasteiger partial charge on any atom is -0.497 e. The van der Waals surface area contributed by atoms with E-state index in [-0.39, 0.29) is 0 Å². The quantitative estimate of drug-likeness (QED) is 0.806. The summed E-state index contributed by atoms with van der Waals surface area (Å²) in [6.45, 7) is -0.546. The van der Waals surface area contributed by atoms with Gasteiger partial charge in [0.1, 0.15) is 23.9 Å². The van der Waals surface area contributed by atoms with Crippen LogP contribution < -0.4 is 9.47 Å². The first-order valence-electron chi connectivity index (χ1n) is 6.33. The van der Waals surface area contributed by atoms with Crippen molar-refractivity contribution in [2.24, 2.45) is 0 Å². The molecule has 0 saturated heterocycles. The lowest BCUT2D eigenvalue weighted by Crippen LogP contribution is -2.07. The molecule has 2 rings (SSSR count). The molecule has 0 atom stereocenters. The van der Waals surface area contributed by atoms with Crippen LogP contribution in [-0.2, 0) is 6.42 Å². The summed E-state index contributed by atoms with van der Waals surface area (Å²) in [6, 6.07) is 5.53. The second-order valence-electron chi connectivity index (χ2n) is 4.37. The molecule has 110 valence electrons. The number of methoxy groups -OCH3 is 2. The highest BCUT2D eigenvalue weighted by Crippen LogP contribution is 2.23. The Bertz CT molecular complexity index is 604. The van der Waals surface area contributed by atoms with E-state index in [1.54, 1.807) is 20.3 Å². The zero-order chi connectivity index (χ0) is 15.2. The van der Waals surface area contributed by atoms with E-state index >= 15 is 0 Å². The Morgan fingerprint density at radius 2 is 1.67 bits per heavy atom. The average molecular weight is 288 g/mol. The second-order valence-corrected chi connectivity index (χ2v) is 4.37. The summed E-state index contributed by atoms with van der Waals surface area (Å²) in [5, 5.41) is 8.78. The number of ether oxygens (including phenoxy) is 2. The van der Waals surface area contributed by atoms with E-state index < -0.39 is 12.4 Å². The molecule has 0 unspecified atom stereocenters. The fourth-order valence-corrected chi connectivity index (χ4v) is 1.83. The van der Waals surface area contributed by atoms with Gasteiger partial charge in [-0.15, -0.1) is 0 Å². The van der Waals surface area contributed by atoms with E-state index in [4.69, 9.17) is 14.6 Å². The van der Waals surface area contributed by atoms with Gasteiger partial charge in [-0.2, -0.15) is 0 Å². The summed E-state index contributed by atoms with van der Waals surface area (Å²) >= 11 is 0. The molecule has 1 aromatic carbocycles. The predicted octanol–water partition coefficient (Wildman–Crippen LogP) is 1.26. The number of carbonyl (C=O) groups is 1. The van der Waals surface area contributed by atoms with Gasteiger partial charge >= 0.3 is 0 Å². The van der Waals surface area contributed by atoms with Gasteiger partial charge in [-0.1, -0.05) is 0 Å². The molecule has 0 aliphatic rings. The first-order chi connectivity index (χ1) is 10.2. The van der Waals surface area contributed by atoms with Crippen molar-refractivity contribution >= 4 is 5.78 Å². The Balaban J connectivity index is 2.19. The minimum absolute atomic E-state index is 0.296. The number of benzene rings is 1. The third-order valence-electron chi connectivity index (χ3n) is 2.94. The molecule has 0 radical (unpaired) electrons. The zero-order valence-electron chi connectivity index (χ0n) is 11.9. The number of Topliss-reactive ketones (excluding diaryl/α,β-unsaturated/α-hetero) is 1. The van der Waals surface area contributed by atoms with Crippen LogP contribution in [0.25, 0.3) is 0 Å². The van der Waals surface area contributed by atoms with Crippen LogP contribution in [0.2, 0.25) is 0 Å². The number of aromatic nitrogens is 2. The normalized spacial score (nSPS) is 10.2. The first-order valence-corrected chi connectivity index (χ1v) is 6.33. The first kappa shape index (κ1) is 14.9. The molecule has 0 fully saturated rings. The molecule has 1 aromatic heterocycles. The van der Waals surface area contributed by atoms with Gasteiger partial charge in [-0.05, 0) is 17.7 Å². The molecule has 1 N–H and O–H groups in total. The molecule has 0 saturated carbocycles. The summed E-state index contributed by atoms with van der Waals surface area (Å²) in [6.07, 6.45) is 3.32. The number of rotatable bonds is 6. The molecule has 0 amide bonds. The van der Waals surface area contributed by atoms with E-state index in [1.165, 1.54) is 12.4 Å². The van der Waals surface area contributed by atoms with Crippen LogP contribution in [0.15, 0.2) is 30.6 Å². The molecule has 21 heavy (non-hydrogen) atoms. The topological polar surface area (TPSA) is 81.5 Å². The third-order valence-corrected chi connectivity index (χ3v) is 2.94. The smallest absolute Gasteiger partial charge is 0.191 e. The number of hydrogen-bond acceptors (Lipinski definition) is 6. The van der Waals surface area contributed by atoms with Crippen LogP contribution in [-0.4, -0.2) is 41.7 Å². The van der Waals surface area contributed by atoms with Crippen molar-refractivity contribution in [3.05, 3.63) is 47.5 Å². The Hall–Kier alpha value is -2.47. The molecule has 0 bridgehead atoms. The molecule has 0 aliphatic carbocycles. The van der Waals surface area contributed by atoms with Crippen molar-refractivity contribution in [3.63, 3.8) is 0 Å². The SMILES string of the molecule is COc1cc(Cc2ncc(C(=O)CO)cn2)cc(OC)c1. The van der Waals surface area contributed by atoms with Crippen molar-refractivity contribution in [2.45, 2.75) is 6.42 Å². The second kappa shape index (κ2) is 6.81. The van der Waals surface area contributed by atoms with E-state index in [1.807, 2.05) is 12.1 Å². The fraction of sp³-hybridized carbons (Fsp3) is 0.267. The summed E-state index contributed by atoms with van der Waals surface area (Å²) in [5.74, 6) is 1.55. The molecule has 0 aliphatic heterocycles. The van der Waals surface area contributed by atoms with Crippen LogP contribution >= 0.6 is 0 Å². The van der Waals surface area contributed by atoms with Gasteiger partial charge in [-0.25, -0.2) is 9.97 Å². The Labute approximate surface area is 122 Å². The van der Waals surface area contributed by atoms with Gasteiger partial charge in [0.05, 0.1) is 19.8 Å². The maximum atomic E-state index is 11.3. The molecule has 2 aromatic rings. The van der Waals surface area contributed by atoms with Gasteiger partial charge < -0.3 is 14.6 Å². The number of ketones is 1. The summed E-state index contributed by atoms with van der Waals surface area (Å²) in [5.41, 5.74) is 1.23. The van der Waals surface area contributed by atoms with Crippen molar-refractivity contribution in [1.82, 2.24) is 9.97 Å². The third kappa shape index (κ3) is 3.76. The molecule has 0 spiro atoms. The zero-order valence-corrected chi connectivity index (χ0v) is 11.9. The number of nitrogens with zero attached hydrogens (tertiary/aromatic N) is 2. The minimum atomic E-state index is -0.546. The highest BCUT2D eigenvalue weighted by Gasteiger charge is 2.08. The van der Waals surface area contributed by atoms with Crippen molar-refractivity contribution in [3.8, 4) is 11.5 Å². The molecule has 1 heterocycles. The van der Waals surface area contributed by atoms with E-state index in [0.717, 1.165) is 5.56 Å². The Morgan fingerprint density at radius 3 is 2.14 bits per heavy atom. The fourth-order valence-electron chi connectivity index (χ4n) is 1.83. The highest BCUT2D eigenvalue weighted by molar-refractivity contribution is 5.96. The average Bonchev–Trinajstić information content (AvgIpc) is 2.54. The van der Waals surface area contributed by atoms with Crippen molar-refractivity contribution in [1.29, 1.82) is 0 Å². The summed E-state index contributed by atoms with van der Waals surface area (Å²) in [7, 11) is 3.18. The van der Waals surface area contributed by atoms with Gasteiger partial charge in [0.15, 0.2) is 5.78 Å². The summed E-state index contributed by atoms with van der Waals surface area (Å²) < 4.78 is 10.4. The monoisotopic (exact) mass is 288 g/mol.